The van der Waals surface area contributed by atoms with E-state index in [1.165, 1.54) is 0 Å². The maximum Gasteiger partial charge on any atom is 0.122 e. The van der Waals surface area contributed by atoms with Crippen LogP contribution in [0, 0.1) is 11.8 Å². The van der Waals surface area contributed by atoms with Crippen LogP contribution in [0.2, 0.25) is 0 Å². The van der Waals surface area contributed by atoms with Gasteiger partial charge in [-0.25, -0.2) is 0 Å². The molecule has 1 atom stereocenters. The molecule has 1 aromatic rings. The Morgan fingerprint density at radius 1 is 1.27 bits per heavy atom. The summed E-state index contributed by atoms with van der Waals surface area (Å²) in [6, 6.07) is 5.43. The molecule has 0 radical (unpaired) electrons. The smallest absolute Gasteiger partial charge is 0.122 e. The number of ether oxygens (including phenoxy) is 1. The van der Waals surface area contributed by atoms with Gasteiger partial charge in [-0.15, -0.1) is 0 Å². The van der Waals surface area contributed by atoms with Crippen molar-refractivity contribution in [2.75, 3.05) is 0 Å². The lowest BCUT2D eigenvalue weighted by Crippen LogP contribution is -2.06. The van der Waals surface area contributed by atoms with Crippen molar-refractivity contribution < 1.29 is 4.74 Å². The van der Waals surface area contributed by atoms with Crippen LogP contribution < -0.4 is 4.74 Å². The molecule has 1 aromatic carbocycles. The second kappa shape index (κ2) is 4.91. The van der Waals surface area contributed by atoms with Crippen LogP contribution in [0.4, 0.5) is 0 Å². The van der Waals surface area contributed by atoms with E-state index in [4.69, 9.17) is 4.74 Å². The predicted molar refractivity (Wildman–Crippen MR) is 61.2 cm³/mol. The second-order valence-electron chi connectivity index (χ2n) is 3.97. The number of aryl methyl sites for hydroxylation is 1. The van der Waals surface area contributed by atoms with Gasteiger partial charge in [0.2, 0.25) is 0 Å². The summed E-state index contributed by atoms with van der Waals surface area (Å²) < 4.78 is 5.60. The number of rotatable bonds is 4. The molecule has 1 rings (SSSR count). The number of nitroso groups, excluding NO2 is 1. The van der Waals surface area contributed by atoms with Crippen molar-refractivity contribution in [2.24, 2.45) is 5.18 Å². The van der Waals surface area contributed by atoms with Crippen molar-refractivity contribution in [3.05, 3.63) is 34.2 Å². The zero-order chi connectivity index (χ0) is 11.4. The third-order valence-electron chi connectivity index (χ3n) is 2.20. The number of hydrogen-bond acceptors (Lipinski definition) is 3. The van der Waals surface area contributed by atoms with Gasteiger partial charge in [-0.05, 0) is 44.9 Å². The average molecular weight is 207 g/mol. The number of hydrogen-bond donors (Lipinski definition) is 0. The van der Waals surface area contributed by atoms with Gasteiger partial charge in [-0.1, -0.05) is 17.3 Å². The maximum atomic E-state index is 10.4. The summed E-state index contributed by atoms with van der Waals surface area (Å²) >= 11 is 0. The summed E-state index contributed by atoms with van der Waals surface area (Å²) in [6.45, 7) is 7.73. The Morgan fingerprint density at radius 2 is 1.93 bits per heavy atom. The van der Waals surface area contributed by atoms with Gasteiger partial charge >= 0.3 is 0 Å². The van der Waals surface area contributed by atoms with Gasteiger partial charge in [0, 0.05) is 0 Å². The van der Waals surface area contributed by atoms with Gasteiger partial charge in [0.15, 0.2) is 0 Å². The molecule has 3 nitrogen and oxygen atoms in total. The van der Waals surface area contributed by atoms with E-state index >= 15 is 0 Å². The van der Waals surface area contributed by atoms with E-state index in [0.717, 1.165) is 16.9 Å². The summed E-state index contributed by atoms with van der Waals surface area (Å²) in [6.07, 6.45) is 0.163. The largest absolute Gasteiger partial charge is 0.491 e. The summed E-state index contributed by atoms with van der Waals surface area (Å²) in [5.74, 6) is 0.867. The van der Waals surface area contributed by atoms with Crippen molar-refractivity contribution in [2.45, 2.75) is 39.8 Å². The van der Waals surface area contributed by atoms with E-state index in [9.17, 15) is 4.91 Å². The molecule has 0 saturated heterocycles. The van der Waals surface area contributed by atoms with E-state index in [1.54, 1.807) is 6.92 Å². The molecule has 0 bridgehead atoms. The molecule has 0 spiro atoms. The van der Waals surface area contributed by atoms with Gasteiger partial charge in [0.1, 0.15) is 11.8 Å². The molecule has 0 aromatic heterocycles. The van der Waals surface area contributed by atoms with Crippen molar-refractivity contribution in [3.63, 3.8) is 0 Å². The number of benzene rings is 1. The lowest BCUT2D eigenvalue weighted by molar-refractivity contribution is 0.240. The minimum absolute atomic E-state index is 0.163. The zero-order valence-corrected chi connectivity index (χ0v) is 9.65. The van der Waals surface area contributed by atoms with Gasteiger partial charge in [0.05, 0.1) is 6.10 Å². The first kappa shape index (κ1) is 11.7. The first-order chi connectivity index (χ1) is 7.04. The van der Waals surface area contributed by atoms with Crippen LogP contribution in [0.25, 0.3) is 0 Å². The molecular weight excluding hydrogens is 190 g/mol. The van der Waals surface area contributed by atoms with E-state index in [0.29, 0.717) is 0 Å². The molecule has 0 aliphatic heterocycles. The van der Waals surface area contributed by atoms with Crippen molar-refractivity contribution in [3.8, 4) is 5.75 Å². The molecule has 0 fully saturated rings. The van der Waals surface area contributed by atoms with E-state index in [-0.39, 0.29) is 12.1 Å². The Hall–Kier alpha value is -1.38. The Bertz CT molecular complexity index is 347. The van der Waals surface area contributed by atoms with Crippen LogP contribution in [0.15, 0.2) is 23.4 Å². The SMILES string of the molecule is Cc1cc(C(C)N=O)ccc1OC(C)C. The molecule has 0 aliphatic carbocycles. The highest BCUT2D eigenvalue weighted by molar-refractivity contribution is 5.37. The van der Waals surface area contributed by atoms with Crippen LogP contribution in [0.5, 0.6) is 5.75 Å². The lowest BCUT2D eigenvalue weighted by Gasteiger charge is -2.13. The topological polar surface area (TPSA) is 38.7 Å². The molecule has 1 unspecified atom stereocenters. The van der Waals surface area contributed by atoms with E-state index in [2.05, 4.69) is 5.18 Å². The highest BCUT2D eigenvalue weighted by atomic mass is 16.5. The van der Waals surface area contributed by atoms with Crippen molar-refractivity contribution in [1.29, 1.82) is 0 Å². The van der Waals surface area contributed by atoms with Gasteiger partial charge in [-0.2, -0.15) is 4.91 Å². The lowest BCUT2D eigenvalue weighted by atomic mass is 10.1. The van der Waals surface area contributed by atoms with Gasteiger partial charge in [-0.3, -0.25) is 0 Å². The summed E-state index contributed by atoms with van der Waals surface area (Å²) in [7, 11) is 0. The zero-order valence-electron chi connectivity index (χ0n) is 9.65. The molecule has 3 heteroatoms. The highest BCUT2D eigenvalue weighted by Crippen LogP contribution is 2.24. The minimum atomic E-state index is -0.295. The Labute approximate surface area is 90.4 Å². The average Bonchev–Trinajstić information content (AvgIpc) is 2.19. The summed E-state index contributed by atoms with van der Waals surface area (Å²) in [4.78, 5) is 10.4. The highest BCUT2D eigenvalue weighted by Gasteiger charge is 2.08. The standard InChI is InChI=1S/C12H17NO2/c1-8(2)15-12-6-5-11(7-9(12)3)10(4)13-14/h5-8,10H,1-4H3. The predicted octanol–water partition coefficient (Wildman–Crippen LogP) is 3.61. The minimum Gasteiger partial charge on any atom is -0.491 e. The molecule has 0 amide bonds. The molecule has 0 aliphatic rings. The van der Waals surface area contributed by atoms with E-state index < -0.39 is 0 Å². The van der Waals surface area contributed by atoms with Crippen LogP contribution in [-0.4, -0.2) is 6.10 Å². The Kier molecular flexibility index (Phi) is 3.83. The third-order valence-corrected chi connectivity index (χ3v) is 2.20. The van der Waals surface area contributed by atoms with Crippen molar-refractivity contribution >= 4 is 0 Å². The summed E-state index contributed by atoms with van der Waals surface area (Å²) in [5.41, 5.74) is 1.97. The normalized spacial score (nSPS) is 12.6. The van der Waals surface area contributed by atoms with Crippen LogP contribution in [0.3, 0.4) is 0 Å². The van der Waals surface area contributed by atoms with Gasteiger partial charge in [0.25, 0.3) is 0 Å². The second-order valence-corrected chi connectivity index (χ2v) is 3.97. The molecule has 0 heterocycles. The molecular formula is C12H17NO2. The molecule has 82 valence electrons. The van der Waals surface area contributed by atoms with Crippen LogP contribution in [0.1, 0.15) is 37.9 Å². The Morgan fingerprint density at radius 3 is 2.40 bits per heavy atom. The number of nitrogens with zero attached hydrogens (tertiary/aromatic N) is 1. The fourth-order valence-corrected chi connectivity index (χ4v) is 1.38. The first-order valence-electron chi connectivity index (χ1n) is 5.14. The Balaban J connectivity index is 2.92. The van der Waals surface area contributed by atoms with Crippen LogP contribution in [-0.2, 0) is 0 Å². The van der Waals surface area contributed by atoms with Crippen molar-refractivity contribution in [1.82, 2.24) is 0 Å². The van der Waals surface area contributed by atoms with E-state index in [1.807, 2.05) is 39.0 Å². The van der Waals surface area contributed by atoms with Gasteiger partial charge < -0.3 is 4.74 Å². The molecule has 0 N–H and O–H groups in total. The fourth-order valence-electron chi connectivity index (χ4n) is 1.38. The maximum absolute atomic E-state index is 10.4. The molecule has 0 saturated carbocycles. The monoisotopic (exact) mass is 207 g/mol. The first-order valence-corrected chi connectivity index (χ1v) is 5.14. The fraction of sp³-hybridized carbons (Fsp3) is 0.500. The van der Waals surface area contributed by atoms with Crippen LogP contribution >= 0.6 is 0 Å². The quantitative estimate of drug-likeness (QED) is 0.707. The molecule has 15 heavy (non-hydrogen) atoms. The third kappa shape index (κ3) is 3.05. The summed E-state index contributed by atoms with van der Waals surface area (Å²) in [5, 5.41) is 3.00.